The van der Waals surface area contributed by atoms with E-state index in [9.17, 15) is 13.2 Å². The summed E-state index contributed by atoms with van der Waals surface area (Å²) in [5.74, 6) is -0.152. The summed E-state index contributed by atoms with van der Waals surface area (Å²) < 4.78 is 32.5. The summed E-state index contributed by atoms with van der Waals surface area (Å²) in [5, 5.41) is 0. The van der Waals surface area contributed by atoms with Gasteiger partial charge in [-0.3, -0.25) is 4.79 Å². The number of carbonyl (C=O) groups excluding carboxylic acids is 1. The first-order chi connectivity index (χ1) is 8.36. The Balaban J connectivity index is 2.49. The van der Waals surface area contributed by atoms with Gasteiger partial charge in [0.05, 0.1) is 13.0 Å². The fourth-order valence-electron chi connectivity index (χ4n) is 1.86. The molecule has 1 N–H and O–H groups in total. The van der Waals surface area contributed by atoms with Crippen molar-refractivity contribution in [3.63, 3.8) is 0 Å². The highest BCUT2D eigenvalue weighted by Gasteiger charge is 2.31. The minimum absolute atomic E-state index is 0.174. The molecule has 1 aliphatic heterocycles. The molecule has 0 bridgehead atoms. The molecule has 0 radical (unpaired) electrons. The largest absolute Gasteiger partial charge is 0.469 e. The van der Waals surface area contributed by atoms with Gasteiger partial charge < -0.3 is 4.74 Å². The number of methoxy groups -OCH3 is 1. The summed E-state index contributed by atoms with van der Waals surface area (Å²) in [4.78, 5) is 11.3. The molecule has 18 heavy (non-hydrogen) atoms. The highest BCUT2D eigenvalue weighted by molar-refractivity contribution is 7.87. The molecule has 1 aliphatic rings. The first-order valence-corrected chi connectivity index (χ1v) is 7.63. The van der Waals surface area contributed by atoms with Crippen molar-refractivity contribution < 1.29 is 17.9 Å². The Labute approximate surface area is 109 Å². The lowest BCUT2D eigenvalue weighted by atomic mass is 9.99. The molecule has 0 atom stereocenters. The van der Waals surface area contributed by atoms with Crippen LogP contribution in [0, 0.1) is 11.8 Å². The number of esters is 1. The minimum atomic E-state index is -3.40. The Bertz CT molecular complexity index is 373. The molecule has 0 unspecified atom stereocenters. The number of rotatable bonds is 5. The van der Waals surface area contributed by atoms with Gasteiger partial charge >= 0.3 is 5.97 Å². The summed E-state index contributed by atoms with van der Waals surface area (Å²) >= 11 is 0. The Kier molecular flexibility index (Phi) is 5.55. The van der Waals surface area contributed by atoms with Gasteiger partial charge in [-0.15, -0.1) is 0 Å². The quantitative estimate of drug-likeness (QED) is 0.737. The second kappa shape index (κ2) is 6.49. The van der Waals surface area contributed by atoms with Crippen LogP contribution in [0.15, 0.2) is 0 Å². The highest BCUT2D eigenvalue weighted by Crippen LogP contribution is 2.20. The third kappa shape index (κ3) is 4.22. The van der Waals surface area contributed by atoms with Crippen LogP contribution in [0.2, 0.25) is 0 Å². The molecular weight excluding hydrogens is 256 g/mol. The van der Waals surface area contributed by atoms with E-state index in [4.69, 9.17) is 0 Å². The molecule has 0 spiro atoms. The molecule has 0 amide bonds. The van der Waals surface area contributed by atoms with Crippen LogP contribution in [-0.2, 0) is 19.7 Å². The van der Waals surface area contributed by atoms with E-state index in [0.29, 0.717) is 32.5 Å². The van der Waals surface area contributed by atoms with Gasteiger partial charge in [0, 0.05) is 19.6 Å². The molecule has 0 saturated carbocycles. The van der Waals surface area contributed by atoms with Gasteiger partial charge in [-0.05, 0) is 18.8 Å². The summed E-state index contributed by atoms with van der Waals surface area (Å²) in [5.41, 5.74) is 0. The Morgan fingerprint density at radius 2 is 1.94 bits per heavy atom. The fraction of sp³-hybridized carbons (Fsp3) is 0.909. The molecule has 1 saturated heterocycles. The van der Waals surface area contributed by atoms with Gasteiger partial charge in [0.15, 0.2) is 0 Å². The lowest BCUT2D eigenvalue weighted by Gasteiger charge is -2.30. The zero-order valence-electron chi connectivity index (χ0n) is 11.2. The van der Waals surface area contributed by atoms with Gasteiger partial charge in [-0.2, -0.15) is 12.7 Å². The van der Waals surface area contributed by atoms with Crippen LogP contribution in [0.3, 0.4) is 0 Å². The second-order valence-electron chi connectivity index (χ2n) is 4.94. The van der Waals surface area contributed by atoms with E-state index >= 15 is 0 Å². The van der Waals surface area contributed by atoms with Crippen molar-refractivity contribution in [3.8, 4) is 0 Å². The topological polar surface area (TPSA) is 75.7 Å². The summed E-state index contributed by atoms with van der Waals surface area (Å²) in [7, 11) is -2.05. The summed E-state index contributed by atoms with van der Waals surface area (Å²) in [6, 6.07) is 0. The molecular formula is C11H22N2O4S. The average molecular weight is 278 g/mol. The van der Waals surface area contributed by atoms with Crippen molar-refractivity contribution in [2.75, 3.05) is 26.7 Å². The maximum absolute atomic E-state index is 11.9. The van der Waals surface area contributed by atoms with Crippen LogP contribution in [-0.4, -0.2) is 45.4 Å². The van der Waals surface area contributed by atoms with Crippen molar-refractivity contribution in [2.45, 2.75) is 26.7 Å². The van der Waals surface area contributed by atoms with E-state index in [1.807, 2.05) is 13.8 Å². The van der Waals surface area contributed by atoms with Gasteiger partial charge in [0.2, 0.25) is 0 Å². The van der Waals surface area contributed by atoms with Crippen molar-refractivity contribution in [1.29, 1.82) is 0 Å². The van der Waals surface area contributed by atoms with Crippen LogP contribution < -0.4 is 4.72 Å². The van der Waals surface area contributed by atoms with E-state index < -0.39 is 10.2 Å². The maximum atomic E-state index is 11.9. The van der Waals surface area contributed by atoms with E-state index in [-0.39, 0.29) is 17.8 Å². The van der Waals surface area contributed by atoms with Crippen LogP contribution in [0.1, 0.15) is 26.7 Å². The van der Waals surface area contributed by atoms with Crippen molar-refractivity contribution >= 4 is 16.2 Å². The third-order valence-electron chi connectivity index (χ3n) is 3.00. The minimum Gasteiger partial charge on any atom is -0.469 e. The third-order valence-corrected chi connectivity index (χ3v) is 4.58. The summed E-state index contributed by atoms with van der Waals surface area (Å²) in [6.07, 6.45) is 1.05. The van der Waals surface area contributed by atoms with Crippen LogP contribution in [0.4, 0.5) is 0 Å². The summed E-state index contributed by atoms with van der Waals surface area (Å²) in [6.45, 7) is 5.07. The average Bonchev–Trinajstić information content (AvgIpc) is 2.36. The van der Waals surface area contributed by atoms with Crippen molar-refractivity contribution in [2.24, 2.45) is 11.8 Å². The number of hydrogen-bond donors (Lipinski definition) is 1. The van der Waals surface area contributed by atoms with E-state index in [1.165, 1.54) is 11.4 Å². The Hall–Kier alpha value is -0.660. The zero-order chi connectivity index (χ0) is 13.8. The Morgan fingerprint density at radius 1 is 1.39 bits per heavy atom. The molecule has 1 fully saturated rings. The monoisotopic (exact) mass is 278 g/mol. The van der Waals surface area contributed by atoms with Gasteiger partial charge in [0.25, 0.3) is 10.2 Å². The van der Waals surface area contributed by atoms with Gasteiger partial charge in [-0.25, -0.2) is 4.72 Å². The molecule has 0 aromatic heterocycles. The van der Waals surface area contributed by atoms with Crippen molar-refractivity contribution in [3.05, 3.63) is 0 Å². The standard InChI is InChI=1S/C11H22N2O4S/c1-9(2)8-12-18(15,16)13-6-4-10(5-7-13)11(14)17-3/h9-10,12H,4-8H2,1-3H3. The van der Waals surface area contributed by atoms with Gasteiger partial charge in [0.1, 0.15) is 0 Å². The fourth-order valence-corrected chi connectivity index (χ4v) is 3.28. The molecule has 7 heteroatoms. The zero-order valence-corrected chi connectivity index (χ0v) is 12.0. The van der Waals surface area contributed by atoms with E-state index in [0.717, 1.165) is 0 Å². The SMILES string of the molecule is COC(=O)C1CCN(S(=O)(=O)NCC(C)C)CC1. The molecule has 0 aliphatic carbocycles. The van der Waals surface area contributed by atoms with E-state index in [1.54, 1.807) is 0 Å². The first kappa shape index (κ1) is 15.4. The molecule has 0 aromatic rings. The maximum Gasteiger partial charge on any atom is 0.308 e. The highest BCUT2D eigenvalue weighted by atomic mass is 32.2. The Morgan fingerprint density at radius 3 is 2.39 bits per heavy atom. The van der Waals surface area contributed by atoms with E-state index in [2.05, 4.69) is 9.46 Å². The molecule has 106 valence electrons. The predicted octanol–water partition coefficient (Wildman–Crippen LogP) is 0.362. The number of hydrogen-bond acceptors (Lipinski definition) is 4. The molecule has 1 rings (SSSR count). The lowest BCUT2D eigenvalue weighted by Crippen LogP contribution is -2.46. The van der Waals surface area contributed by atoms with Crippen LogP contribution in [0.25, 0.3) is 0 Å². The number of nitrogens with one attached hydrogen (secondary N) is 1. The number of nitrogens with zero attached hydrogens (tertiary/aromatic N) is 1. The van der Waals surface area contributed by atoms with Crippen molar-refractivity contribution in [1.82, 2.24) is 9.03 Å². The molecule has 0 aromatic carbocycles. The van der Waals surface area contributed by atoms with Crippen LogP contribution >= 0.6 is 0 Å². The smallest absolute Gasteiger partial charge is 0.308 e. The predicted molar refractivity (Wildman–Crippen MR) is 68.1 cm³/mol. The number of ether oxygens (including phenoxy) is 1. The molecule has 1 heterocycles. The number of carbonyl (C=O) groups is 1. The first-order valence-electron chi connectivity index (χ1n) is 6.19. The molecule has 6 nitrogen and oxygen atoms in total. The normalized spacial score (nSPS) is 19.1. The van der Waals surface area contributed by atoms with Gasteiger partial charge in [-0.1, -0.05) is 13.8 Å². The second-order valence-corrected chi connectivity index (χ2v) is 6.70. The van der Waals surface area contributed by atoms with Crippen LogP contribution in [0.5, 0.6) is 0 Å². The number of piperidine rings is 1. The lowest BCUT2D eigenvalue weighted by molar-refractivity contribution is -0.146.